The molecular weight excluding hydrogens is 278 g/mol. The normalized spacial score (nSPS) is 10.7. The van der Waals surface area contributed by atoms with Crippen LogP contribution in [0.2, 0.25) is 5.02 Å². The third kappa shape index (κ3) is 3.69. The first-order valence-corrected chi connectivity index (χ1v) is 7.57. The highest BCUT2D eigenvalue weighted by molar-refractivity contribution is 7.09. The Morgan fingerprint density at radius 3 is 2.84 bits per heavy atom. The summed E-state index contributed by atoms with van der Waals surface area (Å²) in [6, 6.07) is 8.14. The van der Waals surface area contributed by atoms with Crippen LogP contribution in [0.1, 0.15) is 17.5 Å². The van der Waals surface area contributed by atoms with E-state index < -0.39 is 0 Å². The molecule has 102 valence electrons. The third-order valence-electron chi connectivity index (χ3n) is 2.88. The molecule has 0 atom stereocenters. The highest BCUT2D eigenvalue weighted by Gasteiger charge is 2.10. The predicted octanol–water partition coefficient (Wildman–Crippen LogP) is 3.54. The summed E-state index contributed by atoms with van der Waals surface area (Å²) in [4.78, 5) is 8.24. The molecule has 0 saturated heterocycles. The van der Waals surface area contributed by atoms with Crippen LogP contribution in [-0.2, 0) is 13.1 Å². The summed E-state index contributed by atoms with van der Waals surface area (Å²) in [6.45, 7) is 4.64. The van der Waals surface area contributed by atoms with Crippen molar-refractivity contribution in [1.82, 2.24) is 10.3 Å². The summed E-state index contributed by atoms with van der Waals surface area (Å²) in [5.41, 5.74) is 0.895. The van der Waals surface area contributed by atoms with Gasteiger partial charge in [0.1, 0.15) is 5.82 Å². The summed E-state index contributed by atoms with van der Waals surface area (Å²) in [5, 5.41) is 5.91. The van der Waals surface area contributed by atoms with Crippen molar-refractivity contribution >= 4 is 28.8 Å². The SMILES string of the molecule is CCN(Cc1cccs1)c1ccc(Cl)c(CNC)n1. The van der Waals surface area contributed by atoms with Crippen LogP contribution in [-0.4, -0.2) is 18.6 Å². The van der Waals surface area contributed by atoms with E-state index >= 15 is 0 Å². The van der Waals surface area contributed by atoms with Crippen molar-refractivity contribution in [1.29, 1.82) is 0 Å². The van der Waals surface area contributed by atoms with Crippen LogP contribution in [0.5, 0.6) is 0 Å². The highest BCUT2D eigenvalue weighted by Crippen LogP contribution is 2.21. The molecule has 0 bridgehead atoms. The number of rotatable bonds is 6. The summed E-state index contributed by atoms with van der Waals surface area (Å²) >= 11 is 7.92. The Kier molecular flexibility index (Phi) is 5.19. The zero-order valence-corrected chi connectivity index (χ0v) is 12.8. The van der Waals surface area contributed by atoms with E-state index in [0.29, 0.717) is 11.6 Å². The molecule has 2 rings (SSSR count). The highest BCUT2D eigenvalue weighted by atomic mass is 35.5. The quantitative estimate of drug-likeness (QED) is 0.883. The fourth-order valence-electron chi connectivity index (χ4n) is 1.89. The molecule has 0 aliphatic carbocycles. The molecule has 0 aliphatic rings. The van der Waals surface area contributed by atoms with Gasteiger partial charge < -0.3 is 10.2 Å². The summed E-state index contributed by atoms with van der Waals surface area (Å²) in [6.07, 6.45) is 0. The maximum Gasteiger partial charge on any atom is 0.129 e. The molecular formula is C14H18ClN3S. The molecule has 2 aromatic heterocycles. The van der Waals surface area contributed by atoms with Gasteiger partial charge in [0.05, 0.1) is 17.3 Å². The smallest absolute Gasteiger partial charge is 0.129 e. The predicted molar refractivity (Wildman–Crippen MR) is 83.1 cm³/mol. The molecule has 3 nitrogen and oxygen atoms in total. The average Bonchev–Trinajstić information content (AvgIpc) is 2.92. The molecule has 0 aliphatic heterocycles. The van der Waals surface area contributed by atoms with Crippen LogP contribution in [0.25, 0.3) is 0 Å². The zero-order valence-electron chi connectivity index (χ0n) is 11.2. The number of nitrogens with one attached hydrogen (secondary N) is 1. The van der Waals surface area contributed by atoms with Gasteiger partial charge in [-0.3, -0.25) is 0 Å². The van der Waals surface area contributed by atoms with E-state index in [1.54, 1.807) is 11.3 Å². The minimum absolute atomic E-state index is 0.684. The topological polar surface area (TPSA) is 28.2 Å². The largest absolute Gasteiger partial charge is 0.352 e. The van der Waals surface area contributed by atoms with E-state index in [1.165, 1.54) is 4.88 Å². The Morgan fingerprint density at radius 1 is 1.37 bits per heavy atom. The molecule has 0 saturated carbocycles. The minimum atomic E-state index is 0.684. The molecule has 0 unspecified atom stereocenters. The van der Waals surface area contributed by atoms with Gasteiger partial charge >= 0.3 is 0 Å². The van der Waals surface area contributed by atoms with E-state index in [-0.39, 0.29) is 0 Å². The molecule has 1 N–H and O–H groups in total. The van der Waals surface area contributed by atoms with E-state index in [9.17, 15) is 0 Å². The molecule has 5 heteroatoms. The van der Waals surface area contributed by atoms with Crippen molar-refractivity contribution in [3.05, 3.63) is 45.2 Å². The van der Waals surface area contributed by atoms with Crippen molar-refractivity contribution in [2.24, 2.45) is 0 Å². The summed E-state index contributed by atoms with van der Waals surface area (Å²) in [7, 11) is 1.90. The number of aromatic nitrogens is 1. The van der Waals surface area contributed by atoms with Gasteiger partial charge in [0.2, 0.25) is 0 Å². The average molecular weight is 296 g/mol. The lowest BCUT2D eigenvalue weighted by molar-refractivity contribution is 0.772. The Bertz CT molecular complexity index is 513. The second kappa shape index (κ2) is 6.89. The van der Waals surface area contributed by atoms with Gasteiger partial charge in [-0.1, -0.05) is 17.7 Å². The van der Waals surface area contributed by atoms with Crippen LogP contribution in [0, 0.1) is 0 Å². The Labute approximate surface area is 123 Å². The lowest BCUT2D eigenvalue weighted by Crippen LogP contribution is -2.23. The standard InChI is InChI=1S/C14H18ClN3S/c1-3-18(10-11-5-4-8-19-11)14-7-6-12(15)13(17-14)9-16-2/h4-8,16H,3,9-10H2,1-2H3. The van der Waals surface area contributed by atoms with Gasteiger partial charge in [0.25, 0.3) is 0 Å². The fraction of sp³-hybridized carbons (Fsp3) is 0.357. The van der Waals surface area contributed by atoms with Gasteiger partial charge in [-0.25, -0.2) is 4.98 Å². The van der Waals surface area contributed by atoms with Gasteiger partial charge in [0.15, 0.2) is 0 Å². The number of thiophene rings is 1. The van der Waals surface area contributed by atoms with Crippen LogP contribution < -0.4 is 10.2 Å². The lowest BCUT2D eigenvalue weighted by Gasteiger charge is -2.22. The van der Waals surface area contributed by atoms with Crippen molar-refractivity contribution in [2.75, 3.05) is 18.5 Å². The number of hydrogen-bond donors (Lipinski definition) is 1. The first-order valence-electron chi connectivity index (χ1n) is 6.32. The second-order valence-electron chi connectivity index (χ2n) is 4.22. The maximum atomic E-state index is 6.15. The van der Waals surface area contributed by atoms with Crippen LogP contribution in [0.3, 0.4) is 0 Å². The van der Waals surface area contributed by atoms with E-state index in [2.05, 4.69) is 39.6 Å². The van der Waals surface area contributed by atoms with Gasteiger partial charge in [0, 0.05) is 18.0 Å². The first kappa shape index (κ1) is 14.3. The molecule has 0 fully saturated rings. The van der Waals surface area contributed by atoms with Crippen LogP contribution in [0.15, 0.2) is 29.6 Å². The second-order valence-corrected chi connectivity index (χ2v) is 5.66. The van der Waals surface area contributed by atoms with Gasteiger partial charge in [-0.2, -0.15) is 0 Å². The van der Waals surface area contributed by atoms with Crippen LogP contribution >= 0.6 is 22.9 Å². The Balaban J connectivity index is 2.20. The number of halogens is 1. The van der Waals surface area contributed by atoms with E-state index in [1.807, 2.05) is 19.2 Å². The monoisotopic (exact) mass is 295 g/mol. The van der Waals surface area contributed by atoms with Crippen LogP contribution in [0.4, 0.5) is 5.82 Å². The van der Waals surface area contributed by atoms with Crippen molar-refractivity contribution in [2.45, 2.75) is 20.0 Å². The number of nitrogens with zero attached hydrogens (tertiary/aromatic N) is 2. The van der Waals surface area contributed by atoms with Gasteiger partial charge in [-0.05, 0) is 37.6 Å². The fourth-order valence-corrected chi connectivity index (χ4v) is 2.78. The molecule has 19 heavy (non-hydrogen) atoms. The lowest BCUT2D eigenvalue weighted by atomic mass is 10.3. The van der Waals surface area contributed by atoms with E-state index in [0.717, 1.165) is 24.6 Å². The van der Waals surface area contributed by atoms with Gasteiger partial charge in [-0.15, -0.1) is 11.3 Å². The third-order valence-corrected chi connectivity index (χ3v) is 4.09. The first-order chi connectivity index (χ1) is 9.24. The molecule has 0 aromatic carbocycles. The maximum absolute atomic E-state index is 6.15. The molecule has 0 spiro atoms. The molecule has 2 aromatic rings. The Morgan fingerprint density at radius 2 is 2.21 bits per heavy atom. The molecule has 0 amide bonds. The summed E-state index contributed by atoms with van der Waals surface area (Å²) in [5.74, 6) is 0.977. The van der Waals surface area contributed by atoms with Crippen molar-refractivity contribution in [3.63, 3.8) is 0 Å². The summed E-state index contributed by atoms with van der Waals surface area (Å²) < 4.78 is 0. The number of anilines is 1. The van der Waals surface area contributed by atoms with Crippen molar-refractivity contribution < 1.29 is 0 Å². The molecule has 2 heterocycles. The van der Waals surface area contributed by atoms with Crippen molar-refractivity contribution in [3.8, 4) is 0 Å². The van der Waals surface area contributed by atoms with E-state index in [4.69, 9.17) is 11.6 Å². The number of hydrogen-bond acceptors (Lipinski definition) is 4. The Hall–Kier alpha value is -1.10. The minimum Gasteiger partial charge on any atom is -0.352 e. The number of pyridine rings is 1. The molecule has 0 radical (unpaired) electrons. The zero-order chi connectivity index (χ0) is 13.7.